The van der Waals surface area contributed by atoms with Crippen molar-refractivity contribution in [1.29, 1.82) is 0 Å². The average Bonchev–Trinajstić information content (AvgIpc) is 2.33. The number of carbonyl (C=O) groups is 2. The molecule has 0 saturated heterocycles. The fourth-order valence-corrected chi connectivity index (χ4v) is 1.28. The minimum Gasteiger partial charge on any atom is -0.497 e. The van der Waals surface area contributed by atoms with Crippen LogP contribution >= 0.6 is 0 Å². The van der Waals surface area contributed by atoms with Crippen LogP contribution in [0.5, 0.6) is 5.75 Å². The van der Waals surface area contributed by atoms with Gasteiger partial charge in [-0.25, -0.2) is 4.79 Å². The summed E-state index contributed by atoms with van der Waals surface area (Å²) < 4.78 is 4.97. The first-order valence-corrected chi connectivity index (χ1v) is 5.15. The highest BCUT2D eigenvalue weighted by molar-refractivity contribution is 5.99. The lowest BCUT2D eigenvalue weighted by Crippen LogP contribution is -2.24. The lowest BCUT2D eigenvalue weighted by Gasteiger charge is -2.07. The monoisotopic (exact) mass is 250 g/mol. The van der Waals surface area contributed by atoms with Gasteiger partial charge in [0.2, 0.25) is 0 Å². The van der Waals surface area contributed by atoms with Crippen LogP contribution in [0.4, 0.5) is 5.69 Å². The fourth-order valence-electron chi connectivity index (χ4n) is 1.28. The van der Waals surface area contributed by atoms with E-state index in [4.69, 9.17) is 15.6 Å². The number of nitrogen functional groups attached to an aromatic ring is 1. The van der Waals surface area contributed by atoms with Gasteiger partial charge in [0.25, 0.3) is 5.91 Å². The summed E-state index contributed by atoms with van der Waals surface area (Å²) in [5.41, 5.74) is 6.32. The number of carboxylic acids is 1. The summed E-state index contributed by atoms with van der Waals surface area (Å²) in [4.78, 5) is 21.9. The molecule has 4 N–H and O–H groups in total. The van der Waals surface area contributed by atoms with Crippen molar-refractivity contribution < 1.29 is 19.4 Å². The molecular weight excluding hydrogens is 236 g/mol. The Hall–Kier alpha value is -2.50. The van der Waals surface area contributed by atoms with E-state index >= 15 is 0 Å². The minimum atomic E-state index is -1.06. The lowest BCUT2D eigenvalue weighted by atomic mass is 10.1. The number of anilines is 1. The van der Waals surface area contributed by atoms with Crippen molar-refractivity contribution in [2.24, 2.45) is 0 Å². The molecule has 1 aromatic carbocycles. The fraction of sp³-hybridized carbons (Fsp3) is 0.167. The number of amides is 1. The van der Waals surface area contributed by atoms with Gasteiger partial charge in [-0.1, -0.05) is 6.08 Å². The molecule has 0 fully saturated rings. The minimum absolute atomic E-state index is 0.122. The zero-order valence-corrected chi connectivity index (χ0v) is 9.84. The van der Waals surface area contributed by atoms with Crippen molar-refractivity contribution in [2.75, 3.05) is 19.4 Å². The maximum atomic E-state index is 11.7. The SMILES string of the molecule is COc1ccc(C(=O)NC/C=C/C(=O)O)c(N)c1. The number of methoxy groups -OCH3 is 1. The zero-order valence-electron chi connectivity index (χ0n) is 9.84. The van der Waals surface area contributed by atoms with Crippen LogP contribution in [0.3, 0.4) is 0 Å². The summed E-state index contributed by atoms with van der Waals surface area (Å²) in [6.45, 7) is 0.122. The van der Waals surface area contributed by atoms with Crippen LogP contribution in [0, 0.1) is 0 Å². The van der Waals surface area contributed by atoms with Gasteiger partial charge in [0, 0.05) is 24.4 Å². The van der Waals surface area contributed by atoms with E-state index < -0.39 is 5.97 Å². The molecule has 0 aliphatic rings. The standard InChI is InChI=1S/C12H14N2O4/c1-18-8-4-5-9(10(13)7-8)12(17)14-6-2-3-11(15)16/h2-5,7H,6,13H2,1H3,(H,14,17)(H,15,16)/b3-2+. The summed E-state index contributed by atoms with van der Waals surface area (Å²) in [6.07, 6.45) is 2.29. The van der Waals surface area contributed by atoms with Crippen molar-refractivity contribution in [3.63, 3.8) is 0 Å². The molecule has 6 heteroatoms. The quantitative estimate of drug-likeness (QED) is 0.526. The van der Waals surface area contributed by atoms with Crippen LogP contribution in [0.25, 0.3) is 0 Å². The van der Waals surface area contributed by atoms with Gasteiger partial charge in [0.05, 0.1) is 12.7 Å². The molecule has 0 unspecified atom stereocenters. The molecule has 0 spiro atoms. The number of hydrogen-bond acceptors (Lipinski definition) is 4. The van der Waals surface area contributed by atoms with Gasteiger partial charge in [0.15, 0.2) is 0 Å². The summed E-state index contributed by atoms with van der Waals surface area (Å²) in [5, 5.41) is 10.9. The topological polar surface area (TPSA) is 102 Å². The van der Waals surface area contributed by atoms with Crippen molar-refractivity contribution in [3.8, 4) is 5.75 Å². The number of carboxylic acid groups (broad SMARTS) is 1. The maximum Gasteiger partial charge on any atom is 0.328 e. The Kier molecular flexibility index (Phi) is 4.74. The van der Waals surface area contributed by atoms with E-state index in [9.17, 15) is 9.59 Å². The second-order valence-corrected chi connectivity index (χ2v) is 3.40. The van der Waals surface area contributed by atoms with Crippen LogP contribution in [-0.2, 0) is 4.79 Å². The lowest BCUT2D eigenvalue weighted by molar-refractivity contribution is -0.131. The van der Waals surface area contributed by atoms with Gasteiger partial charge >= 0.3 is 5.97 Å². The van der Waals surface area contributed by atoms with Crippen LogP contribution in [-0.4, -0.2) is 30.6 Å². The van der Waals surface area contributed by atoms with Crippen molar-refractivity contribution in [1.82, 2.24) is 5.32 Å². The largest absolute Gasteiger partial charge is 0.497 e. The zero-order chi connectivity index (χ0) is 13.5. The number of nitrogens with one attached hydrogen (secondary N) is 1. The van der Waals surface area contributed by atoms with Crippen molar-refractivity contribution in [2.45, 2.75) is 0 Å². The molecule has 0 aromatic heterocycles. The van der Waals surface area contributed by atoms with E-state index in [-0.39, 0.29) is 12.5 Å². The third-order valence-corrected chi connectivity index (χ3v) is 2.14. The van der Waals surface area contributed by atoms with E-state index in [1.807, 2.05) is 0 Å². The predicted octanol–water partition coefficient (Wildman–Crippen LogP) is 0.648. The smallest absolute Gasteiger partial charge is 0.328 e. The van der Waals surface area contributed by atoms with E-state index in [1.165, 1.54) is 13.2 Å². The third-order valence-electron chi connectivity index (χ3n) is 2.14. The Labute approximate surface area is 104 Å². The Morgan fingerprint density at radius 2 is 2.22 bits per heavy atom. The normalized spacial score (nSPS) is 10.3. The molecule has 0 bridgehead atoms. The Morgan fingerprint density at radius 1 is 1.50 bits per heavy atom. The Morgan fingerprint density at radius 3 is 2.78 bits per heavy atom. The first-order valence-electron chi connectivity index (χ1n) is 5.15. The van der Waals surface area contributed by atoms with E-state index in [0.717, 1.165) is 6.08 Å². The molecular formula is C12H14N2O4. The summed E-state index contributed by atoms with van der Waals surface area (Å²) in [6, 6.07) is 4.71. The summed E-state index contributed by atoms with van der Waals surface area (Å²) >= 11 is 0. The molecule has 0 heterocycles. The van der Waals surface area contributed by atoms with Crippen LogP contribution in [0.1, 0.15) is 10.4 Å². The van der Waals surface area contributed by atoms with Gasteiger partial charge in [0.1, 0.15) is 5.75 Å². The highest BCUT2D eigenvalue weighted by Gasteiger charge is 2.09. The van der Waals surface area contributed by atoms with Gasteiger partial charge in [-0.2, -0.15) is 0 Å². The predicted molar refractivity (Wildman–Crippen MR) is 66.5 cm³/mol. The number of nitrogens with two attached hydrogens (primary N) is 1. The van der Waals surface area contributed by atoms with E-state index in [2.05, 4.69) is 5.32 Å². The van der Waals surface area contributed by atoms with Gasteiger partial charge in [-0.3, -0.25) is 4.79 Å². The van der Waals surface area contributed by atoms with Gasteiger partial charge in [-0.05, 0) is 12.1 Å². The molecule has 0 radical (unpaired) electrons. The van der Waals surface area contributed by atoms with Gasteiger partial charge in [-0.15, -0.1) is 0 Å². The number of benzene rings is 1. The molecule has 1 rings (SSSR count). The number of aliphatic carboxylic acids is 1. The second kappa shape index (κ2) is 6.29. The third kappa shape index (κ3) is 3.82. The Bertz CT molecular complexity index is 483. The molecule has 96 valence electrons. The molecule has 6 nitrogen and oxygen atoms in total. The summed E-state index contributed by atoms with van der Waals surface area (Å²) in [7, 11) is 1.51. The molecule has 1 amide bonds. The van der Waals surface area contributed by atoms with Crippen LogP contribution in [0.2, 0.25) is 0 Å². The molecule has 0 aliphatic heterocycles. The van der Waals surface area contributed by atoms with Gasteiger partial charge < -0.3 is 20.9 Å². The Balaban J connectivity index is 2.64. The molecule has 18 heavy (non-hydrogen) atoms. The first-order chi connectivity index (χ1) is 8.54. The number of hydrogen-bond donors (Lipinski definition) is 3. The van der Waals surface area contributed by atoms with Crippen LogP contribution < -0.4 is 15.8 Å². The van der Waals surface area contributed by atoms with E-state index in [0.29, 0.717) is 17.0 Å². The molecule has 0 aliphatic carbocycles. The maximum absolute atomic E-state index is 11.7. The molecule has 1 aromatic rings. The summed E-state index contributed by atoms with van der Waals surface area (Å²) in [5.74, 6) is -0.867. The van der Waals surface area contributed by atoms with Crippen LogP contribution in [0.15, 0.2) is 30.4 Å². The number of ether oxygens (including phenoxy) is 1. The second-order valence-electron chi connectivity index (χ2n) is 3.40. The van der Waals surface area contributed by atoms with Crippen molar-refractivity contribution in [3.05, 3.63) is 35.9 Å². The first kappa shape index (κ1) is 13.6. The highest BCUT2D eigenvalue weighted by Crippen LogP contribution is 2.19. The average molecular weight is 250 g/mol. The van der Waals surface area contributed by atoms with E-state index in [1.54, 1.807) is 18.2 Å². The molecule has 0 saturated carbocycles. The number of rotatable bonds is 5. The number of carbonyl (C=O) groups excluding carboxylic acids is 1. The highest BCUT2D eigenvalue weighted by atomic mass is 16.5. The molecule has 0 atom stereocenters. The van der Waals surface area contributed by atoms with Crippen molar-refractivity contribution >= 4 is 17.6 Å².